The lowest BCUT2D eigenvalue weighted by atomic mass is 9.65. The van der Waals surface area contributed by atoms with Crippen LogP contribution in [0.3, 0.4) is 0 Å². The summed E-state index contributed by atoms with van der Waals surface area (Å²) in [5.41, 5.74) is 1.07. The molecule has 3 aromatic rings. The zero-order chi connectivity index (χ0) is 23.1. The van der Waals surface area contributed by atoms with E-state index in [4.69, 9.17) is 11.6 Å². The van der Waals surface area contributed by atoms with Crippen molar-refractivity contribution in [1.29, 1.82) is 0 Å². The molecule has 5 nitrogen and oxygen atoms in total. The van der Waals surface area contributed by atoms with E-state index in [-0.39, 0.29) is 16.5 Å². The van der Waals surface area contributed by atoms with Crippen LogP contribution in [-0.2, 0) is 23.6 Å². The molecule has 0 bridgehead atoms. The maximum atomic E-state index is 14.1. The minimum Gasteiger partial charge on any atom is -0.380 e. The smallest absolute Gasteiger partial charge is 0.252 e. The van der Waals surface area contributed by atoms with Gasteiger partial charge in [-0.05, 0) is 61.0 Å². The van der Waals surface area contributed by atoms with Crippen LogP contribution in [0.15, 0.2) is 53.6 Å². The largest absolute Gasteiger partial charge is 0.380 e. The van der Waals surface area contributed by atoms with E-state index in [1.807, 2.05) is 42.1 Å². The first-order valence-corrected chi connectivity index (χ1v) is 12.3. The molecule has 9 heteroatoms. The summed E-state index contributed by atoms with van der Waals surface area (Å²) in [5.74, 6) is -2.96. The minimum atomic E-state index is -4.05. The van der Waals surface area contributed by atoms with Gasteiger partial charge in [0.1, 0.15) is 4.90 Å². The van der Waals surface area contributed by atoms with Gasteiger partial charge in [0, 0.05) is 42.3 Å². The summed E-state index contributed by atoms with van der Waals surface area (Å²) >= 11 is 6.07. The van der Waals surface area contributed by atoms with E-state index in [9.17, 15) is 17.2 Å². The molecule has 1 aliphatic carbocycles. The number of halogens is 3. The summed E-state index contributed by atoms with van der Waals surface area (Å²) in [4.78, 5) is -0.0566. The van der Waals surface area contributed by atoms with Crippen molar-refractivity contribution >= 4 is 38.2 Å². The molecule has 0 atom stereocenters. The van der Waals surface area contributed by atoms with Gasteiger partial charge in [-0.25, -0.2) is 21.9 Å². The molecule has 1 aliphatic rings. The van der Waals surface area contributed by atoms with E-state index < -0.39 is 21.4 Å². The molecular formula is C23H26ClF2N3O2S. The second kappa shape index (κ2) is 8.32. The highest BCUT2D eigenvalue weighted by atomic mass is 35.5. The first-order valence-electron chi connectivity index (χ1n) is 10.5. The number of hydrogen-bond donors (Lipinski definition) is 2. The number of fused-ring (bicyclic) bond motifs is 1. The maximum absolute atomic E-state index is 14.1. The molecule has 0 aliphatic heterocycles. The Bertz CT molecular complexity index is 1250. The Morgan fingerprint density at radius 3 is 2.56 bits per heavy atom. The highest BCUT2D eigenvalue weighted by molar-refractivity contribution is 7.89. The number of sulfonamides is 1. The Hall–Kier alpha value is -2.16. The van der Waals surface area contributed by atoms with Crippen LogP contribution >= 0.6 is 11.6 Å². The average Bonchev–Trinajstić information content (AvgIpc) is 3.05. The number of rotatable bonds is 8. The first-order chi connectivity index (χ1) is 15.0. The van der Waals surface area contributed by atoms with Crippen molar-refractivity contribution < 1.29 is 17.2 Å². The van der Waals surface area contributed by atoms with Crippen molar-refractivity contribution in [1.82, 2.24) is 9.29 Å². The van der Waals surface area contributed by atoms with Gasteiger partial charge in [0.05, 0.1) is 5.69 Å². The van der Waals surface area contributed by atoms with Crippen LogP contribution in [0.1, 0.15) is 31.7 Å². The molecule has 0 saturated heterocycles. The number of nitrogens with one attached hydrogen (secondary N) is 2. The molecular weight excluding hydrogens is 456 g/mol. The van der Waals surface area contributed by atoms with Gasteiger partial charge in [0.2, 0.25) is 10.0 Å². The Balaban J connectivity index is 1.55. The van der Waals surface area contributed by atoms with Gasteiger partial charge in [0.25, 0.3) is 5.92 Å². The van der Waals surface area contributed by atoms with Gasteiger partial charge < -0.3 is 9.88 Å². The fourth-order valence-corrected chi connectivity index (χ4v) is 5.74. The highest BCUT2D eigenvalue weighted by Gasteiger charge is 2.54. The van der Waals surface area contributed by atoms with Crippen molar-refractivity contribution in [3.05, 3.63) is 59.2 Å². The van der Waals surface area contributed by atoms with E-state index in [0.717, 1.165) is 23.4 Å². The van der Waals surface area contributed by atoms with Crippen LogP contribution in [0.5, 0.6) is 0 Å². The summed E-state index contributed by atoms with van der Waals surface area (Å²) in [7, 11) is -2.09. The molecule has 1 saturated carbocycles. The van der Waals surface area contributed by atoms with Gasteiger partial charge in [0.15, 0.2) is 0 Å². The summed E-state index contributed by atoms with van der Waals surface area (Å²) in [5, 5.41) is 4.53. The standard InChI is InChI=1S/C23H26ClF2N3O2S/c1-22(25,26)23(9-3-10-23)15-28-32(30,31)21-13-18(24)6-7-19(21)27-14-16-4-5-17-8-11-29(2)20(17)12-16/h4-8,11-13,27-28H,3,9-10,14-15H2,1-2H3. The molecule has 32 heavy (non-hydrogen) atoms. The topological polar surface area (TPSA) is 63.1 Å². The van der Waals surface area contributed by atoms with Crippen LogP contribution < -0.4 is 10.0 Å². The maximum Gasteiger partial charge on any atom is 0.252 e. The SMILES string of the molecule is Cn1ccc2ccc(CNc3ccc(Cl)cc3S(=O)(=O)NCC3(C(C)(F)F)CCC3)cc21. The van der Waals surface area contributed by atoms with E-state index in [1.165, 1.54) is 6.07 Å². The molecule has 4 rings (SSSR count). The molecule has 1 fully saturated rings. The zero-order valence-electron chi connectivity index (χ0n) is 18.0. The quantitative estimate of drug-likeness (QED) is 0.443. The third-order valence-electron chi connectivity index (χ3n) is 6.51. The third kappa shape index (κ3) is 4.36. The summed E-state index contributed by atoms with van der Waals surface area (Å²) in [6, 6.07) is 12.6. The van der Waals surface area contributed by atoms with Gasteiger partial charge >= 0.3 is 0 Å². The van der Waals surface area contributed by atoms with Crippen LogP contribution in [0.4, 0.5) is 14.5 Å². The third-order valence-corrected chi connectivity index (χ3v) is 8.19. The Morgan fingerprint density at radius 1 is 1.16 bits per heavy atom. The fourth-order valence-electron chi connectivity index (χ4n) is 4.17. The zero-order valence-corrected chi connectivity index (χ0v) is 19.5. The lowest BCUT2D eigenvalue weighted by Crippen LogP contribution is -2.52. The van der Waals surface area contributed by atoms with E-state index >= 15 is 0 Å². The van der Waals surface area contributed by atoms with Gasteiger partial charge in [-0.3, -0.25) is 0 Å². The lowest BCUT2D eigenvalue weighted by Gasteiger charge is -2.46. The van der Waals surface area contributed by atoms with Gasteiger partial charge in [-0.1, -0.05) is 30.2 Å². The molecule has 2 N–H and O–H groups in total. The summed E-state index contributed by atoms with van der Waals surface area (Å²) in [6.07, 6.45) is 3.23. The predicted molar refractivity (Wildman–Crippen MR) is 124 cm³/mol. The van der Waals surface area contributed by atoms with Crippen molar-refractivity contribution in [3.63, 3.8) is 0 Å². The monoisotopic (exact) mass is 481 g/mol. The molecule has 0 unspecified atom stereocenters. The van der Waals surface area contributed by atoms with Crippen LogP contribution in [-0.4, -0.2) is 25.5 Å². The number of anilines is 1. The highest BCUT2D eigenvalue weighted by Crippen LogP contribution is 2.51. The van der Waals surface area contributed by atoms with E-state index in [1.54, 1.807) is 12.1 Å². The molecule has 0 spiro atoms. The van der Waals surface area contributed by atoms with Crippen LogP contribution in [0, 0.1) is 5.41 Å². The van der Waals surface area contributed by atoms with Crippen molar-refractivity contribution in [2.45, 2.75) is 43.5 Å². The molecule has 172 valence electrons. The molecule has 1 heterocycles. The number of alkyl halides is 2. The normalized spacial score (nSPS) is 16.2. The Morgan fingerprint density at radius 2 is 1.91 bits per heavy atom. The summed E-state index contributed by atoms with van der Waals surface area (Å²) in [6.45, 7) is 0.938. The van der Waals surface area contributed by atoms with Crippen LogP contribution in [0.2, 0.25) is 5.02 Å². The molecule has 0 radical (unpaired) electrons. The molecule has 0 amide bonds. The minimum absolute atomic E-state index is 0.0566. The predicted octanol–water partition coefficient (Wildman–Crippen LogP) is 5.55. The van der Waals surface area contributed by atoms with E-state index in [2.05, 4.69) is 10.0 Å². The van der Waals surface area contributed by atoms with Crippen molar-refractivity contribution in [2.24, 2.45) is 12.5 Å². The summed E-state index contributed by atoms with van der Waals surface area (Å²) < 4.78 is 58.7. The number of hydrogen-bond acceptors (Lipinski definition) is 3. The van der Waals surface area contributed by atoms with Crippen molar-refractivity contribution in [3.8, 4) is 0 Å². The number of aromatic nitrogens is 1. The second-order valence-corrected chi connectivity index (χ2v) is 10.8. The van der Waals surface area contributed by atoms with Crippen LogP contribution in [0.25, 0.3) is 10.9 Å². The fraction of sp³-hybridized carbons (Fsp3) is 0.391. The number of benzene rings is 2. The number of nitrogens with zero attached hydrogens (tertiary/aromatic N) is 1. The molecule has 2 aromatic carbocycles. The van der Waals surface area contributed by atoms with E-state index in [0.29, 0.717) is 31.5 Å². The van der Waals surface area contributed by atoms with Crippen molar-refractivity contribution in [2.75, 3.05) is 11.9 Å². The molecule has 1 aromatic heterocycles. The average molecular weight is 482 g/mol. The Labute approximate surface area is 191 Å². The number of aryl methyl sites for hydroxylation is 1. The second-order valence-electron chi connectivity index (χ2n) is 8.66. The Kier molecular flexibility index (Phi) is 5.98. The van der Waals surface area contributed by atoms with Gasteiger partial charge in [-0.2, -0.15) is 0 Å². The lowest BCUT2D eigenvalue weighted by molar-refractivity contribution is -0.143. The van der Waals surface area contributed by atoms with Gasteiger partial charge in [-0.15, -0.1) is 0 Å². The first kappa shape index (κ1) is 23.0.